The van der Waals surface area contributed by atoms with Gasteiger partial charge in [-0.25, -0.2) is 0 Å². The minimum Gasteiger partial charge on any atom is -0.311 e. The summed E-state index contributed by atoms with van der Waals surface area (Å²) in [5.74, 6) is 0. The van der Waals surface area contributed by atoms with Crippen LogP contribution in [0.25, 0.3) is 49.4 Å². The minimum atomic E-state index is 0.114. The van der Waals surface area contributed by atoms with Crippen LogP contribution in [-0.4, -0.2) is 4.57 Å². The summed E-state index contributed by atoms with van der Waals surface area (Å²) >= 11 is 0. The molecule has 1 heterocycles. The van der Waals surface area contributed by atoms with Gasteiger partial charge in [-0.15, -0.1) is 0 Å². The van der Waals surface area contributed by atoms with E-state index in [4.69, 9.17) is 0 Å². The van der Waals surface area contributed by atoms with E-state index in [0.717, 1.165) is 22.7 Å². The van der Waals surface area contributed by atoms with Crippen molar-refractivity contribution in [3.8, 4) is 16.8 Å². The van der Waals surface area contributed by atoms with Gasteiger partial charge in [0.1, 0.15) is 0 Å². The van der Waals surface area contributed by atoms with E-state index in [1.165, 1.54) is 49.3 Å². The predicted molar refractivity (Wildman–Crippen MR) is 197 cm³/mol. The number of anilines is 3. The first kappa shape index (κ1) is 27.9. The highest BCUT2D eigenvalue weighted by atomic mass is 15.1. The number of aromatic nitrogens is 1. The van der Waals surface area contributed by atoms with Crippen molar-refractivity contribution in [2.75, 3.05) is 4.90 Å². The molecule has 0 bridgehead atoms. The van der Waals surface area contributed by atoms with Crippen molar-refractivity contribution in [3.05, 3.63) is 169 Å². The molecule has 7 aromatic carbocycles. The fourth-order valence-electron chi connectivity index (χ4n) is 6.67. The number of benzene rings is 7. The molecule has 0 aliphatic heterocycles. The van der Waals surface area contributed by atoms with Crippen molar-refractivity contribution in [2.24, 2.45) is 0 Å². The number of nitrogens with zero attached hydrogens (tertiary/aromatic N) is 2. The van der Waals surface area contributed by atoms with Gasteiger partial charge in [-0.3, -0.25) is 0 Å². The third kappa shape index (κ3) is 4.93. The Morgan fingerprint density at radius 2 is 0.957 bits per heavy atom. The first-order valence-electron chi connectivity index (χ1n) is 16.0. The van der Waals surface area contributed by atoms with E-state index in [9.17, 15) is 0 Å². The minimum absolute atomic E-state index is 0.114. The van der Waals surface area contributed by atoms with E-state index in [2.05, 4.69) is 194 Å². The topological polar surface area (TPSA) is 8.17 Å². The Morgan fingerprint density at radius 1 is 0.435 bits per heavy atom. The zero-order chi connectivity index (χ0) is 31.3. The highest BCUT2D eigenvalue weighted by Gasteiger charge is 2.17. The van der Waals surface area contributed by atoms with Crippen molar-refractivity contribution in [3.63, 3.8) is 0 Å². The summed E-state index contributed by atoms with van der Waals surface area (Å²) in [6.07, 6.45) is 0. The Hall–Kier alpha value is -5.60. The third-order valence-corrected chi connectivity index (χ3v) is 9.13. The SMILES string of the molecule is CC(C)(C)c1ccc(N(c2ccccc2)c2ccc(-c3ccc(-n4c5ccccc5c5cc6ccccc6cc54)cc3)cc2)cc1. The van der Waals surface area contributed by atoms with E-state index in [-0.39, 0.29) is 5.41 Å². The summed E-state index contributed by atoms with van der Waals surface area (Å²) in [6, 6.07) is 59.5. The van der Waals surface area contributed by atoms with Crippen molar-refractivity contribution >= 4 is 49.6 Å². The van der Waals surface area contributed by atoms with Crippen LogP contribution in [0.2, 0.25) is 0 Å². The standard InChI is InChI=1S/C44H36N2/c1-44(2,3)35-21-27-38(28-22-35)45(36-13-5-4-6-14-36)37-23-17-31(18-24-37)32-19-25-39(26-20-32)46-42-16-10-9-15-40(42)41-29-33-11-7-8-12-34(33)30-43(41)46/h4-30H,1-3H3. The summed E-state index contributed by atoms with van der Waals surface area (Å²) < 4.78 is 2.40. The van der Waals surface area contributed by atoms with Crippen LogP contribution in [0.3, 0.4) is 0 Å². The molecule has 46 heavy (non-hydrogen) atoms. The molecule has 0 N–H and O–H groups in total. The van der Waals surface area contributed by atoms with Gasteiger partial charge in [0.15, 0.2) is 0 Å². The monoisotopic (exact) mass is 592 g/mol. The van der Waals surface area contributed by atoms with Gasteiger partial charge in [-0.1, -0.05) is 118 Å². The first-order valence-corrected chi connectivity index (χ1v) is 16.0. The van der Waals surface area contributed by atoms with Crippen LogP contribution >= 0.6 is 0 Å². The maximum absolute atomic E-state index is 2.40. The Labute approximate surface area is 270 Å². The van der Waals surface area contributed by atoms with Gasteiger partial charge in [0.2, 0.25) is 0 Å². The molecule has 0 saturated heterocycles. The molecule has 0 amide bonds. The average molecular weight is 593 g/mol. The fourth-order valence-corrected chi connectivity index (χ4v) is 6.67. The Bertz CT molecular complexity index is 2300. The lowest BCUT2D eigenvalue weighted by Crippen LogP contribution is -2.13. The Balaban J connectivity index is 1.15. The molecule has 0 radical (unpaired) electrons. The van der Waals surface area contributed by atoms with E-state index in [0.29, 0.717) is 0 Å². The van der Waals surface area contributed by atoms with Crippen LogP contribution in [0.1, 0.15) is 26.3 Å². The Morgan fingerprint density at radius 3 is 1.61 bits per heavy atom. The normalized spacial score (nSPS) is 11.8. The molecule has 1 aromatic heterocycles. The van der Waals surface area contributed by atoms with Crippen LogP contribution in [-0.2, 0) is 5.41 Å². The van der Waals surface area contributed by atoms with Crippen LogP contribution in [0.4, 0.5) is 17.1 Å². The second-order valence-electron chi connectivity index (χ2n) is 13.1. The van der Waals surface area contributed by atoms with Gasteiger partial charge in [-0.05, 0) is 99.6 Å². The Kier molecular flexibility index (Phi) is 6.73. The third-order valence-electron chi connectivity index (χ3n) is 9.13. The van der Waals surface area contributed by atoms with Crippen molar-refractivity contribution in [1.82, 2.24) is 4.57 Å². The zero-order valence-electron chi connectivity index (χ0n) is 26.5. The second-order valence-corrected chi connectivity index (χ2v) is 13.1. The summed E-state index contributed by atoms with van der Waals surface area (Å²) in [6.45, 7) is 6.77. The molecule has 8 aromatic rings. The molecule has 0 fully saturated rings. The summed E-state index contributed by atoms with van der Waals surface area (Å²) in [4.78, 5) is 2.32. The van der Waals surface area contributed by atoms with Crippen LogP contribution in [0.15, 0.2) is 164 Å². The summed E-state index contributed by atoms with van der Waals surface area (Å²) in [5.41, 5.74) is 10.9. The van der Waals surface area contributed by atoms with E-state index in [1.807, 2.05) is 0 Å². The fraction of sp³-hybridized carbons (Fsp3) is 0.0909. The summed E-state index contributed by atoms with van der Waals surface area (Å²) in [5, 5.41) is 5.08. The smallest absolute Gasteiger partial charge is 0.0547 e. The molecule has 222 valence electrons. The van der Waals surface area contributed by atoms with Crippen molar-refractivity contribution < 1.29 is 0 Å². The van der Waals surface area contributed by atoms with Crippen molar-refractivity contribution in [1.29, 1.82) is 0 Å². The van der Waals surface area contributed by atoms with Gasteiger partial charge in [-0.2, -0.15) is 0 Å². The number of para-hydroxylation sites is 2. The van der Waals surface area contributed by atoms with Crippen LogP contribution in [0.5, 0.6) is 0 Å². The van der Waals surface area contributed by atoms with Gasteiger partial charge in [0, 0.05) is 33.5 Å². The highest BCUT2D eigenvalue weighted by Crippen LogP contribution is 2.38. The molecular formula is C44H36N2. The number of fused-ring (bicyclic) bond motifs is 4. The molecule has 0 spiro atoms. The molecular weight excluding hydrogens is 556 g/mol. The van der Waals surface area contributed by atoms with Crippen LogP contribution < -0.4 is 4.90 Å². The number of hydrogen-bond acceptors (Lipinski definition) is 1. The van der Waals surface area contributed by atoms with Crippen LogP contribution in [0, 0.1) is 0 Å². The van der Waals surface area contributed by atoms with Gasteiger partial charge in [0.25, 0.3) is 0 Å². The molecule has 0 saturated carbocycles. The molecule has 0 aliphatic rings. The van der Waals surface area contributed by atoms with Gasteiger partial charge in [0.05, 0.1) is 11.0 Å². The van der Waals surface area contributed by atoms with E-state index < -0.39 is 0 Å². The average Bonchev–Trinajstić information content (AvgIpc) is 3.41. The predicted octanol–water partition coefficient (Wildman–Crippen LogP) is 12.4. The lowest BCUT2D eigenvalue weighted by molar-refractivity contribution is 0.590. The zero-order valence-corrected chi connectivity index (χ0v) is 26.5. The molecule has 2 nitrogen and oxygen atoms in total. The largest absolute Gasteiger partial charge is 0.311 e. The first-order chi connectivity index (χ1) is 22.4. The summed E-state index contributed by atoms with van der Waals surface area (Å²) in [7, 11) is 0. The molecule has 0 aliphatic carbocycles. The maximum Gasteiger partial charge on any atom is 0.0547 e. The number of hydrogen-bond donors (Lipinski definition) is 0. The van der Waals surface area contributed by atoms with E-state index >= 15 is 0 Å². The lowest BCUT2D eigenvalue weighted by Gasteiger charge is -2.27. The second kappa shape index (κ2) is 11.1. The van der Waals surface area contributed by atoms with Crippen molar-refractivity contribution in [2.45, 2.75) is 26.2 Å². The highest BCUT2D eigenvalue weighted by molar-refractivity contribution is 6.13. The number of rotatable bonds is 5. The molecule has 8 rings (SSSR count). The van der Waals surface area contributed by atoms with E-state index in [1.54, 1.807) is 0 Å². The molecule has 2 heteroatoms. The quantitative estimate of drug-likeness (QED) is 0.193. The molecule has 0 atom stereocenters. The van der Waals surface area contributed by atoms with Gasteiger partial charge >= 0.3 is 0 Å². The van der Waals surface area contributed by atoms with Gasteiger partial charge < -0.3 is 9.47 Å². The molecule has 0 unspecified atom stereocenters. The lowest BCUT2D eigenvalue weighted by atomic mass is 9.87. The maximum atomic E-state index is 2.40.